The third kappa shape index (κ3) is 6.02. The lowest BCUT2D eigenvalue weighted by Gasteiger charge is -2.27. The summed E-state index contributed by atoms with van der Waals surface area (Å²) < 4.78 is 32.1. The van der Waals surface area contributed by atoms with Crippen LogP contribution in [0.4, 0.5) is 5.13 Å². The zero-order chi connectivity index (χ0) is 24.1. The predicted molar refractivity (Wildman–Crippen MR) is 136 cm³/mol. The Morgan fingerprint density at radius 3 is 2.56 bits per heavy atom. The van der Waals surface area contributed by atoms with Crippen LogP contribution in [-0.2, 0) is 19.4 Å². The summed E-state index contributed by atoms with van der Waals surface area (Å²) in [5.41, 5.74) is 2.94. The van der Waals surface area contributed by atoms with Gasteiger partial charge < -0.3 is 4.74 Å². The first-order valence-corrected chi connectivity index (χ1v) is 14.1. The maximum absolute atomic E-state index is 13.3. The number of hydrogen-bond acceptors (Lipinski definition) is 7. The van der Waals surface area contributed by atoms with Crippen molar-refractivity contribution in [2.75, 3.05) is 50.0 Å². The molecule has 0 radical (unpaired) electrons. The highest BCUT2D eigenvalue weighted by Crippen LogP contribution is 2.31. The average Bonchev–Trinajstić information content (AvgIpc) is 3.27. The minimum atomic E-state index is -3.54. The topological polar surface area (TPSA) is 79.8 Å². The molecule has 1 saturated heterocycles. The third-order valence-corrected chi connectivity index (χ3v) is 8.84. The molecule has 0 N–H and O–H groups in total. The van der Waals surface area contributed by atoms with Crippen molar-refractivity contribution in [2.24, 2.45) is 0 Å². The smallest absolute Gasteiger partial charge is 0.229 e. The van der Waals surface area contributed by atoms with Crippen molar-refractivity contribution in [1.29, 1.82) is 0 Å². The Balaban J connectivity index is 1.49. The summed E-state index contributed by atoms with van der Waals surface area (Å²) in [7, 11) is -3.54. The standard InChI is InChI=1S/C25H31N3O4S2/c1-19-7-9-21(10-8-19)34(30,31)18-11-23(29)28(13-4-12-27-14-16-32-17-15-27)25-26-24-20(2)5-3-6-22(24)33-25/h3,5-10H,4,11-18H2,1-2H3. The molecule has 1 fully saturated rings. The number of benzene rings is 2. The lowest BCUT2D eigenvalue weighted by atomic mass is 10.2. The lowest BCUT2D eigenvalue weighted by molar-refractivity contribution is -0.118. The van der Waals surface area contributed by atoms with Crippen LogP contribution < -0.4 is 4.90 Å². The molecule has 0 atom stereocenters. The quantitative estimate of drug-likeness (QED) is 0.443. The van der Waals surface area contributed by atoms with Crippen molar-refractivity contribution < 1.29 is 17.9 Å². The van der Waals surface area contributed by atoms with Crippen molar-refractivity contribution >= 4 is 42.4 Å². The van der Waals surface area contributed by atoms with Crippen LogP contribution in [0.3, 0.4) is 0 Å². The van der Waals surface area contributed by atoms with E-state index in [1.54, 1.807) is 29.2 Å². The molecule has 34 heavy (non-hydrogen) atoms. The second-order valence-corrected chi connectivity index (χ2v) is 11.8. The number of hydrogen-bond donors (Lipinski definition) is 0. The number of carbonyl (C=O) groups excluding carboxylic acids is 1. The highest BCUT2D eigenvalue weighted by atomic mass is 32.2. The fraction of sp³-hybridized carbons (Fsp3) is 0.440. The molecule has 1 aliphatic rings. The van der Waals surface area contributed by atoms with E-state index in [4.69, 9.17) is 9.72 Å². The Bertz CT molecular complexity index is 1230. The number of ether oxygens (including phenoxy) is 1. The Labute approximate surface area is 205 Å². The van der Waals surface area contributed by atoms with Gasteiger partial charge in [0.25, 0.3) is 0 Å². The van der Waals surface area contributed by atoms with Crippen molar-refractivity contribution in [1.82, 2.24) is 9.88 Å². The van der Waals surface area contributed by atoms with Gasteiger partial charge in [-0.3, -0.25) is 14.6 Å². The molecule has 2 heterocycles. The van der Waals surface area contributed by atoms with Gasteiger partial charge in [0.15, 0.2) is 15.0 Å². The van der Waals surface area contributed by atoms with Crippen LogP contribution in [0.15, 0.2) is 47.4 Å². The van der Waals surface area contributed by atoms with E-state index < -0.39 is 9.84 Å². The van der Waals surface area contributed by atoms with E-state index in [9.17, 15) is 13.2 Å². The number of aryl methyl sites for hydroxylation is 2. The predicted octanol–water partition coefficient (Wildman–Crippen LogP) is 3.83. The Morgan fingerprint density at radius 2 is 1.85 bits per heavy atom. The van der Waals surface area contributed by atoms with Gasteiger partial charge in [0.2, 0.25) is 5.91 Å². The summed E-state index contributed by atoms with van der Waals surface area (Å²) in [5, 5.41) is 0.629. The third-order valence-electron chi connectivity index (χ3n) is 6.07. The first kappa shape index (κ1) is 24.8. The van der Waals surface area contributed by atoms with E-state index in [-0.39, 0.29) is 23.0 Å². The maximum Gasteiger partial charge on any atom is 0.229 e. The summed E-state index contributed by atoms with van der Waals surface area (Å²) in [6.45, 7) is 8.52. The van der Waals surface area contributed by atoms with E-state index in [1.165, 1.54) is 11.3 Å². The van der Waals surface area contributed by atoms with Gasteiger partial charge in [0.05, 0.1) is 34.1 Å². The number of sulfone groups is 1. The first-order valence-electron chi connectivity index (χ1n) is 11.6. The van der Waals surface area contributed by atoms with Gasteiger partial charge in [0, 0.05) is 32.6 Å². The number of nitrogens with zero attached hydrogens (tertiary/aromatic N) is 3. The van der Waals surface area contributed by atoms with Gasteiger partial charge in [0.1, 0.15) is 0 Å². The number of aromatic nitrogens is 1. The normalized spacial score (nSPS) is 15.0. The zero-order valence-electron chi connectivity index (χ0n) is 19.7. The summed E-state index contributed by atoms with van der Waals surface area (Å²) in [6.07, 6.45) is 0.702. The number of thiazole rings is 1. The van der Waals surface area contributed by atoms with Crippen LogP contribution in [0.2, 0.25) is 0 Å². The van der Waals surface area contributed by atoms with Crippen LogP contribution in [0.5, 0.6) is 0 Å². The molecule has 182 valence electrons. The lowest BCUT2D eigenvalue weighted by Crippen LogP contribution is -2.39. The molecule has 4 rings (SSSR count). The summed E-state index contributed by atoms with van der Waals surface area (Å²) in [5.74, 6) is -0.437. The van der Waals surface area contributed by atoms with Crippen molar-refractivity contribution in [3.63, 3.8) is 0 Å². The number of fused-ring (bicyclic) bond motifs is 1. The molecule has 3 aromatic rings. The number of carbonyl (C=O) groups is 1. The fourth-order valence-corrected chi connectivity index (χ4v) is 6.33. The van der Waals surface area contributed by atoms with Gasteiger partial charge in [-0.25, -0.2) is 13.4 Å². The summed E-state index contributed by atoms with van der Waals surface area (Å²) >= 11 is 1.48. The van der Waals surface area contributed by atoms with Crippen LogP contribution in [0.1, 0.15) is 24.0 Å². The van der Waals surface area contributed by atoms with Crippen molar-refractivity contribution in [3.8, 4) is 0 Å². The molecule has 0 spiro atoms. The maximum atomic E-state index is 13.3. The molecule has 0 saturated carbocycles. The number of morpholine rings is 1. The van der Waals surface area contributed by atoms with E-state index in [1.807, 2.05) is 32.0 Å². The molecule has 0 bridgehead atoms. The van der Waals surface area contributed by atoms with E-state index in [2.05, 4.69) is 4.90 Å². The molecular formula is C25H31N3O4S2. The molecule has 9 heteroatoms. The second-order valence-electron chi connectivity index (χ2n) is 8.65. The highest BCUT2D eigenvalue weighted by Gasteiger charge is 2.24. The summed E-state index contributed by atoms with van der Waals surface area (Å²) in [4.78, 5) is 22.3. The van der Waals surface area contributed by atoms with Crippen molar-refractivity contribution in [2.45, 2.75) is 31.6 Å². The Morgan fingerprint density at radius 1 is 1.12 bits per heavy atom. The Kier molecular flexibility index (Phi) is 7.98. The van der Waals surface area contributed by atoms with Gasteiger partial charge >= 0.3 is 0 Å². The number of anilines is 1. The highest BCUT2D eigenvalue weighted by molar-refractivity contribution is 7.91. The van der Waals surface area contributed by atoms with Gasteiger partial charge in [-0.05, 0) is 44.0 Å². The molecule has 0 unspecified atom stereocenters. The minimum Gasteiger partial charge on any atom is -0.379 e. The Hall–Kier alpha value is -2.33. The number of rotatable bonds is 9. The molecule has 1 amide bonds. The second kappa shape index (κ2) is 10.9. The largest absolute Gasteiger partial charge is 0.379 e. The van der Waals surface area contributed by atoms with Crippen LogP contribution in [-0.4, -0.2) is 69.4 Å². The molecular weight excluding hydrogens is 470 g/mol. The van der Waals surface area contributed by atoms with E-state index in [0.29, 0.717) is 11.7 Å². The van der Waals surface area contributed by atoms with Crippen LogP contribution >= 0.6 is 11.3 Å². The SMILES string of the molecule is Cc1ccc(S(=O)(=O)CCC(=O)N(CCCN2CCOCC2)c2nc3c(C)cccc3s2)cc1. The summed E-state index contributed by atoms with van der Waals surface area (Å²) in [6, 6.07) is 12.7. The molecule has 2 aromatic carbocycles. The monoisotopic (exact) mass is 501 g/mol. The van der Waals surface area contributed by atoms with Gasteiger partial charge in [-0.2, -0.15) is 0 Å². The fourth-order valence-electron chi connectivity index (χ4n) is 4.01. The van der Waals surface area contributed by atoms with Crippen LogP contribution in [0.25, 0.3) is 10.2 Å². The van der Waals surface area contributed by atoms with E-state index in [0.717, 1.165) is 60.6 Å². The molecule has 1 aliphatic heterocycles. The minimum absolute atomic E-state index is 0.0807. The van der Waals surface area contributed by atoms with Gasteiger partial charge in [-0.1, -0.05) is 41.2 Å². The average molecular weight is 502 g/mol. The molecule has 1 aromatic heterocycles. The van der Waals surface area contributed by atoms with Crippen LogP contribution in [0, 0.1) is 13.8 Å². The number of amides is 1. The first-order chi connectivity index (χ1) is 16.3. The number of para-hydroxylation sites is 1. The van der Waals surface area contributed by atoms with Gasteiger partial charge in [-0.15, -0.1) is 0 Å². The molecule has 7 nitrogen and oxygen atoms in total. The molecule has 0 aliphatic carbocycles. The van der Waals surface area contributed by atoms with Crippen molar-refractivity contribution in [3.05, 3.63) is 53.6 Å². The van der Waals surface area contributed by atoms with E-state index >= 15 is 0 Å². The zero-order valence-corrected chi connectivity index (χ0v) is 21.3.